The molecule has 1 amide bonds. The fourth-order valence-electron chi connectivity index (χ4n) is 2.34. The third-order valence-electron chi connectivity index (χ3n) is 3.76. The molecule has 0 unspecified atom stereocenters. The number of nitrogens with zero attached hydrogens (tertiary/aromatic N) is 3. The molecule has 0 aliphatic carbocycles. The van der Waals surface area contributed by atoms with Crippen LogP contribution in [0.2, 0.25) is 0 Å². The van der Waals surface area contributed by atoms with Gasteiger partial charge in [0.25, 0.3) is 5.91 Å². The first kappa shape index (κ1) is 15.1. The maximum Gasteiger partial charge on any atom is 0.251 e. The number of aryl methyl sites for hydroxylation is 2. The molecule has 0 radical (unpaired) electrons. The first-order valence-electron chi connectivity index (χ1n) is 7.55. The average Bonchev–Trinajstić information content (AvgIpc) is 2.56. The van der Waals surface area contributed by atoms with E-state index in [4.69, 9.17) is 0 Å². The van der Waals surface area contributed by atoms with Crippen LogP contribution in [0.4, 0.5) is 0 Å². The lowest BCUT2D eigenvalue weighted by Gasteiger charge is -2.07. The van der Waals surface area contributed by atoms with Crippen LogP contribution < -0.4 is 5.32 Å². The normalized spacial score (nSPS) is 10.7. The first-order chi connectivity index (χ1) is 11.1. The van der Waals surface area contributed by atoms with Crippen LogP contribution in [0.15, 0.2) is 42.7 Å². The van der Waals surface area contributed by atoms with Crippen molar-refractivity contribution in [1.82, 2.24) is 20.3 Å². The minimum absolute atomic E-state index is 0.101. The highest BCUT2D eigenvalue weighted by Gasteiger charge is 2.08. The summed E-state index contributed by atoms with van der Waals surface area (Å²) in [7, 11) is 0. The number of nitrogens with one attached hydrogen (secondary N) is 1. The van der Waals surface area contributed by atoms with Crippen LogP contribution in [0.3, 0.4) is 0 Å². The molecule has 2 heterocycles. The standard InChI is InChI=1S/C18H18N4O/c1-12-13(2)22-17-10-15(5-6-16(17)21-12)18(23)20-9-7-14-4-3-8-19-11-14/h3-6,8,10-11H,7,9H2,1-2H3,(H,20,23). The molecular formula is C18H18N4O. The lowest BCUT2D eigenvalue weighted by Crippen LogP contribution is -2.25. The van der Waals surface area contributed by atoms with E-state index in [2.05, 4.69) is 20.3 Å². The average molecular weight is 306 g/mol. The monoisotopic (exact) mass is 306 g/mol. The summed E-state index contributed by atoms with van der Waals surface area (Å²) >= 11 is 0. The third-order valence-corrected chi connectivity index (χ3v) is 3.76. The summed E-state index contributed by atoms with van der Waals surface area (Å²) in [5.74, 6) is -0.101. The molecular weight excluding hydrogens is 288 g/mol. The van der Waals surface area contributed by atoms with E-state index in [0.717, 1.165) is 34.4 Å². The Labute approximate surface area is 134 Å². The van der Waals surface area contributed by atoms with E-state index in [0.29, 0.717) is 12.1 Å². The van der Waals surface area contributed by atoms with Gasteiger partial charge in [0.1, 0.15) is 0 Å². The van der Waals surface area contributed by atoms with Crippen LogP contribution in [-0.2, 0) is 6.42 Å². The number of hydrogen-bond acceptors (Lipinski definition) is 4. The summed E-state index contributed by atoms with van der Waals surface area (Å²) in [5, 5.41) is 2.92. The molecule has 0 saturated heterocycles. The number of rotatable bonds is 4. The second-order valence-electron chi connectivity index (χ2n) is 5.47. The molecule has 0 atom stereocenters. The molecule has 3 rings (SSSR count). The number of hydrogen-bond donors (Lipinski definition) is 1. The lowest BCUT2D eigenvalue weighted by atomic mass is 10.1. The second kappa shape index (κ2) is 6.52. The summed E-state index contributed by atoms with van der Waals surface area (Å²) < 4.78 is 0. The number of benzene rings is 1. The molecule has 5 nitrogen and oxygen atoms in total. The van der Waals surface area contributed by atoms with E-state index in [1.165, 1.54) is 0 Å². The molecule has 1 aromatic carbocycles. The van der Waals surface area contributed by atoms with Gasteiger partial charge in [0, 0.05) is 24.5 Å². The van der Waals surface area contributed by atoms with Gasteiger partial charge in [0.2, 0.25) is 0 Å². The Hall–Kier alpha value is -2.82. The molecule has 5 heteroatoms. The number of carbonyl (C=O) groups excluding carboxylic acids is 1. The van der Waals surface area contributed by atoms with Gasteiger partial charge in [0.05, 0.1) is 22.4 Å². The zero-order valence-corrected chi connectivity index (χ0v) is 13.2. The Bertz CT molecular complexity index is 846. The van der Waals surface area contributed by atoms with E-state index in [1.54, 1.807) is 18.3 Å². The van der Waals surface area contributed by atoms with Gasteiger partial charge < -0.3 is 5.32 Å². The molecule has 0 spiro atoms. The highest BCUT2D eigenvalue weighted by Crippen LogP contribution is 2.14. The molecule has 0 aliphatic rings. The van der Waals surface area contributed by atoms with E-state index in [1.807, 2.05) is 38.2 Å². The van der Waals surface area contributed by atoms with Crippen molar-refractivity contribution in [3.8, 4) is 0 Å². The van der Waals surface area contributed by atoms with Crippen LogP contribution in [-0.4, -0.2) is 27.4 Å². The van der Waals surface area contributed by atoms with Crippen LogP contribution in [0.25, 0.3) is 11.0 Å². The Morgan fingerprint density at radius 2 is 1.87 bits per heavy atom. The molecule has 23 heavy (non-hydrogen) atoms. The van der Waals surface area contributed by atoms with Gasteiger partial charge in [-0.25, -0.2) is 9.97 Å². The van der Waals surface area contributed by atoms with E-state index >= 15 is 0 Å². The van der Waals surface area contributed by atoms with Gasteiger partial charge in [-0.2, -0.15) is 0 Å². The third kappa shape index (κ3) is 3.51. The predicted molar refractivity (Wildman–Crippen MR) is 89.3 cm³/mol. The first-order valence-corrected chi connectivity index (χ1v) is 7.55. The van der Waals surface area contributed by atoms with Gasteiger partial charge in [-0.3, -0.25) is 9.78 Å². The van der Waals surface area contributed by atoms with Crippen molar-refractivity contribution < 1.29 is 4.79 Å². The van der Waals surface area contributed by atoms with Crippen LogP contribution in [0.5, 0.6) is 0 Å². The Balaban J connectivity index is 1.69. The Morgan fingerprint density at radius 1 is 1.09 bits per heavy atom. The smallest absolute Gasteiger partial charge is 0.251 e. The van der Waals surface area contributed by atoms with Crippen molar-refractivity contribution in [3.05, 3.63) is 65.2 Å². The minimum atomic E-state index is -0.101. The number of carbonyl (C=O) groups is 1. The largest absolute Gasteiger partial charge is 0.352 e. The number of aromatic nitrogens is 3. The molecule has 2 aromatic heterocycles. The van der Waals surface area contributed by atoms with Crippen molar-refractivity contribution in [2.75, 3.05) is 6.54 Å². The molecule has 0 aliphatic heterocycles. The van der Waals surface area contributed by atoms with Crippen molar-refractivity contribution in [1.29, 1.82) is 0 Å². The Morgan fingerprint density at radius 3 is 2.61 bits per heavy atom. The van der Waals surface area contributed by atoms with Gasteiger partial charge >= 0.3 is 0 Å². The van der Waals surface area contributed by atoms with Crippen molar-refractivity contribution in [2.45, 2.75) is 20.3 Å². The van der Waals surface area contributed by atoms with Crippen molar-refractivity contribution in [3.63, 3.8) is 0 Å². The zero-order valence-electron chi connectivity index (χ0n) is 13.2. The van der Waals surface area contributed by atoms with E-state index in [-0.39, 0.29) is 5.91 Å². The fourth-order valence-corrected chi connectivity index (χ4v) is 2.34. The number of fused-ring (bicyclic) bond motifs is 1. The SMILES string of the molecule is Cc1nc2ccc(C(=O)NCCc3cccnc3)cc2nc1C. The quantitative estimate of drug-likeness (QED) is 0.804. The maximum atomic E-state index is 12.3. The second-order valence-corrected chi connectivity index (χ2v) is 5.47. The van der Waals surface area contributed by atoms with Gasteiger partial charge in [0.15, 0.2) is 0 Å². The molecule has 0 saturated carbocycles. The fraction of sp³-hybridized carbons (Fsp3) is 0.222. The number of amides is 1. The Kier molecular flexibility index (Phi) is 4.28. The van der Waals surface area contributed by atoms with Crippen molar-refractivity contribution >= 4 is 16.9 Å². The number of pyridine rings is 1. The van der Waals surface area contributed by atoms with Crippen LogP contribution in [0, 0.1) is 13.8 Å². The topological polar surface area (TPSA) is 67.8 Å². The summed E-state index contributed by atoms with van der Waals surface area (Å²) in [6, 6.07) is 9.30. The zero-order chi connectivity index (χ0) is 16.2. The van der Waals surface area contributed by atoms with Crippen LogP contribution in [0.1, 0.15) is 27.3 Å². The van der Waals surface area contributed by atoms with E-state index < -0.39 is 0 Å². The molecule has 1 N–H and O–H groups in total. The van der Waals surface area contributed by atoms with Crippen LogP contribution >= 0.6 is 0 Å². The molecule has 3 aromatic rings. The summed E-state index contributed by atoms with van der Waals surface area (Å²) in [5.41, 5.74) is 5.04. The highest BCUT2D eigenvalue weighted by molar-refractivity contribution is 5.97. The van der Waals surface area contributed by atoms with Crippen molar-refractivity contribution in [2.24, 2.45) is 0 Å². The molecule has 0 bridgehead atoms. The summed E-state index contributed by atoms with van der Waals surface area (Å²) in [6.07, 6.45) is 4.30. The highest BCUT2D eigenvalue weighted by atomic mass is 16.1. The van der Waals surface area contributed by atoms with Gasteiger partial charge in [-0.15, -0.1) is 0 Å². The van der Waals surface area contributed by atoms with E-state index in [9.17, 15) is 4.79 Å². The lowest BCUT2D eigenvalue weighted by molar-refractivity contribution is 0.0954. The predicted octanol–water partition coefficient (Wildman–Crippen LogP) is 2.61. The summed E-state index contributed by atoms with van der Waals surface area (Å²) in [6.45, 7) is 4.42. The minimum Gasteiger partial charge on any atom is -0.352 e. The molecule has 0 fully saturated rings. The molecule has 116 valence electrons. The van der Waals surface area contributed by atoms with Gasteiger partial charge in [-0.1, -0.05) is 6.07 Å². The maximum absolute atomic E-state index is 12.3. The summed E-state index contributed by atoms with van der Waals surface area (Å²) in [4.78, 5) is 25.3. The van der Waals surface area contributed by atoms with Gasteiger partial charge in [-0.05, 0) is 50.1 Å².